The first-order valence-electron chi connectivity index (χ1n) is 8.27. The molecule has 0 unspecified atom stereocenters. The van der Waals surface area contributed by atoms with Gasteiger partial charge in [-0.3, -0.25) is 4.31 Å². The van der Waals surface area contributed by atoms with Crippen molar-refractivity contribution in [3.63, 3.8) is 0 Å². The van der Waals surface area contributed by atoms with E-state index in [9.17, 15) is 12.8 Å². The maximum Gasteiger partial charge on any atom is 0.264 e. The third-order valence-corrected chi connectivity index (χ3v) is 6.01. The summed E-state index contributed by atoms with van der Waals surface area (Å²) in [5.41, 5.74) is 2.57. The van der Waals surface area contributed by atoms with E-state index in [0.717, 1.165) is 11.1 Å². The van der Waals surface area contributed by atoms with Crippen LogP contribution in [0.2, 0.25) is 0 Å². The Morgan fingerprint density at radius 2 is 1.54 bits per heavy atom. The Labute approximate surface area is 153 Å². The van der Waals surface area contributed by atoms with Gasteiger partial charge in [0.1, 0.15) is 5.82 Å². The molecule has 3 nitrogen and oxygen atoms in total. The maximum absolute atomic E-state index is 14.1. The summed E-state index contributed by atoms with van der Waals surface area (Å²) in [5.74, 6) is -0.431. The first-order valence-corrected chi connectivity index (χ1v) is 9.71. The molecule has 0 fully saturated rings. The van der Waals surface area contributed by atoms with Crippen molar-refractivity contribution in [1.82, 2.24) is 0 Å². The minimum Gasteiger partial charge on any atom is -0.262 e. The van der Waals surface area contributed by atoms with Crippen LogP contribution in [-0.2, 0) is 16.6 Å². The standard InChI is InChI=1S/C21H20FNO2S/c1-16-8-12-20(13-9-16)26(24,25)23(15-18-6-4-3-5-7-18)19-11-10-17(2)21(22)14-19/h3-14H,15H2,1-2H3. The van der Waals surface area contributed by atoms with Gasteiger partial charge >= 0.3 is 0 Å². The Balaban J connectivity index is 2.10. The van der Waals surface area contributed by atoms with Gasteiger partial charge in [0.15, 0.2) is 0 Å². The van der Waals surface area contributed by atoms with Crippen LogP contribution in [0, 0.1) is 19.7 Å². The molecule has 0 aliphatic rings. The van der Waals surface area contributed by atoms with Crippen LogP contribution in [0.3, 0.4) is 0 Å². The molecule has 5 heteroatoms. The average molecular weight is 369 g/mol. The summed E-state index contributed by atoms with van der Waals surface area (Å²) < 4.78 is 41.8. The van der Waals surface area contributed by atoms with Gasteiger partial charge in [-0.25, -0.2) is 12.8 Å². The largest absolute Gasteiger partial charge is 0.264 e. The molecule has 0 aliphatic carbocycles. The van der Waals surface area contributed by atoms with E-state index < -0.39 is 15.8 Å². The monoisotopic (exact) mass is 369 g/mol. The van der Waals surface area contributed by atoms with Crippen molar-refractivity contribution in [2.45, 2.75) is 25.3 Å². The van der Waals surface area contributed by atoms with Crippen molar-refractivity contribution in [2.24, 2.45) is 0 Å². The molecule has 0 saturated heterocycles. The summed E-state index contributed by atoms with van der Waals surface area (Å²) in [6.07, 6.45) is 0. The first kappa shape index (κ1) is 18.1. The molecule has 3 aromatic carbocycles. The Morgan fingerprint density at radius 3 is 2.15 bits per heavy atom. The average Bonchev–Trinajstić information content (AvgIpc) is 2.63. The number of sulfonamides is 1. The van der Waals surface area contributed by atoms with Gasteiger partial charge in [-0.15, -0.1) is 0 Å². The van der Waals surface area contributed by atoms with E-state index in [0.29, 0.717) is 11.3 Å². The zero-order valence-electron chi connectivity index (χ0n) is 14.7. The number of halogens is 1. The second-order valence-electron chi connectivity index (χ2n) is 6.24. The van der Waals surface area contributed by atoms with Crippen LogP contribution in [-0.4, -0.2) is 8.42 Å². The van der Waals surface area contributed by atoms with Crippen molar-refractivity contribution >= 4 is 15.7 Å². The second kappa shape index (κ2) is 7.30. The van der Waals surface area contributed by atoms with Gasteiger partial charge in [-0.05, 0) is 49.2 Å². The van der Waals surface area contributed by atoms with E-state index in [4.69, 9.17) is 0 Å². The fraction of sp³-hybridized carbons (Fsp3) is 0.143. The van der Waals surface area contributed by atoms with Crippen molar-refractivity contribution in [2.75, 3.05) is 4.31 Å². The molecule has 0 aromatic heterocycles. The molecule has 0 radical (unpaired) electrons. The quantitative estimate of drug-likeness (QED) is 0.645. The first-order chi connectivity index (χ1) is 12.4. The molecule has 0 spiro atoms. The van der Waals surface area contributed by atoms with Crippen molar-refractivity contribution < 1.29 is 12.8 Å². The smallest absolute Gasteiger partial charge is 0.262 e. The predicted octanol–water partition coefficient (Wildman–Crippen LogP) is 4.84. The minimum atomic E-state index is -3.83. The summed E-state index contributed by atoms with van der Waals surface area (Å²) in [4.78, 5) is 0.181. The van der Waals surface area contributed by atoms with Crippen LogP contribution >= 0.6 is 0 Å². The number of hydrogen-bond donors (Lipinski definition) is 0. The Hall–Kier alpha value is -2.66. The van der Waals surface area contributed by atoms with Gasteiger partial charge in [-0.1, -0.05) is 54.1 Å². The summed E-state index contributed by atoms with van der Waals surface area (Å²) in [5, 5.41) is 0. The van der Waals surface area contributed by atoms with E-state index in [1.807, 2.05) is 37.3 Å². The number of anilines is 1. The molecule has 134 valence electrons. The normalized spacial score (nSPS) is 11.3. The van der Waals surface area contributed by atoms with Gasteiger partial charge < -0.3 is 0 Å². The predicted molar refractivity (Wildman–Crippen MR) is 102 cm³/mol. The van der Waals surface area contributed by atoms with E-state index in [-0.39, 0.29) is 11.4 Å². The topological polar surface area (TPSA) is 37.4 Å². The summed E-state index contributed by atoms with van der Waals surface area (Å²) in [6.45, 7) is 3.67. The van der Waals surface area contributed by atoms with Crippen molar-refractivity contribution in [3.8, 4) is 0 Å². The summed E-state index contributed by atoms with van der Waals surface area (Å²) in [7, 11) is -3.83. The molecule has 0 amide bonds. The van der Waals surface area contributed by atoms with Gasteiger partial charge in [0.2, 0.25) is 0 Å². The van der Waals surface area contributed by atoms with E-state index >= 15 is 0 Å². The zero-order chi connectivity index (χ0) is 18.7. The summed E-state index contributed by atoms with van der Waals surface area (Å²) >= 11 is 0. The highest BCUT2D eigenvalue weighted by Crippen LogP contribution is 2.27. The SMILES string of the molecule is Cc1ccc(S(=O)(=O)N(Cc2ccccc2)c2ccc(C)c(F)c2)cc1. The molecule has 26 heavy (non-hydrogen) atoms. The molecular weight excluding hydrogens is 349 g/mol. The maximum atomic E-state index is 14.1. The molecule has 0 bridgehead atoms. The van der Waals surface area contributed by atoms with Crippen LogP contribution in [0.15, 0.2) is 77.7 Å². The van der Waals surface area contributed by atoms with Crippen molar-refractivity contribution in [1.29, 1.82) is 0 Å². The lowest BCUT2D eigenvalue weighted by Crippen LogP contribution is -2.30. The highest BCUT2D eigenvalue weighted by molar-refractivity contribution is 7.92. The number of aryl methyl sites for hydroxylation is 2. The minimum absolute atomic E-state index is 0.125. The van der Waals surface area contributed by atoms with Crippen LogP contribution < -0.4 is 4.31 Å². The van der Waals surface area contributed by atoms with E-state index in [1.165, 1.54) is 10.4 Å². The number of hydrogen-bond acceptors (Lipinski definition) is 2. The zero-order valence-corrected chi connectivity index (χ0v) is 15.5. The molecular formula is C21H20FNO2S. The molecule has 0 atom stereocenters. The summed E-state index contributed by atoms with van der Waals surface area (Å²) in [6, 6.07) is 20.4. The van der Waals surface area contributed by atoms with E-state index in [1.54, 1.807) is 43.3 Å². The van der Waals surface area contributed by atoms with Crippen LogP contribution in [0.4, 0.5) is 10.1 Å². The molecule has 0 N–H and O–H groups in total. The van der Waals surface area contributed by atoms with Gasteiger partial charge in [0.25, 0.3) is 10.0 Å². The molecule has 0 saturated carbocycles. The van der Waals surface area contributed by atoms with Crippen LogP contribution in [0.25, 0.3) is 0 Å². The van der Waals surface area contributed by atoms with Gasteiger partial charge in [0, 0.05) is 0 Å². The Kier molecular flexibility index (Phi) is 5.09. The highest BCUT2D eigenvalue weighted by atomic mass is 32.2. The molecule has 0 heterocycles. The lowest BCUT2D eigenvalue weighted by molar-refractivity contribution is 0.589. The third kappa shape index (κ3) is 3.78. The van der Waals surface area contributed by atoms with Gasteiger partial charge in [-0.2, -0.15) is 0 Å². The Morgan fingerprint density at radius 1 is 0.885 bits per heavy atom. The lowest BCUT2D eigenvalue weighted by Gasteiger charge is -2.25. The van der Waals surface area contributed by atoms with Gasteiger partial charge in [0.05, 0.1) is 17.1 Å². The lowest BCUT2D eigenvalue weighted by atomic mass is 10.2. The number of rotatable bonds is 5. The molecule has 0 aliphatic heterocycles. The fourth-order valence-electron chi connectivity index (χ4n) is 2.64. The third-order valence-electron chi connectivity index (χ3n) is 4.22. The van der Waals surface area contributed by atoms with Crippen LogP contribution in [0.5, 0.6) is 0 Å². The van der Waals surface area contributed by atoms with Crippen molar-refractivity contribution in [3.05, 3.63) is 95.3 Å². The van der Waals surface area contributed by atoms with Crippen LogP contribution in [0.1, 0.15) is 16.7 Å². The fourth-order valence-corrected chi connectivity index (χ4v) is 4.08. The second-order valence-corrected chi connectivity index (χ2v) is 8.11. The number of benzene rings is 3. The highest BCUT2D eigenvalue weighted by Gasteiger charge is 2.25. The molecule has 3 rings (SSSR count). The number of nitrogens with zero attached hydrogens (tertiary/aromatic N) is 1. The molecule has 3 aromatic rings. The van der Waals surface area contributed by atoms with E-state index in [2.05, 4.69) is 0 Å². The Bertz CT molecular complexity index is 1000.